The second kappa shape index (κ2) is 8.17. The van der Waals surface area contributed by atoms with E-state index in [1.807, 2.05) is 20.8 Å². The summed E-state index contributed by atoms with van der Waals surface area (Å²) in [6, 6.07) is 3.08. The minimum absolute atomic E-state index is 0.0320. The number of hydrogen-bond acceptors (Lipinski definition) is 3. The number of aryl methyl sites for hydroxylation is 1. The fourth-order valence-corrected chi connectivity index (χ4v) is 2.74. The van der Waals surface area contributed by atoms with E-state index in [1.54, 1.807) is 6.07 Å². The van der Waals surface area contributed by atoms with Crippen molar-refractivity contribution in [1.29, 1.82) is 0 Å². The lowest BCUT2D eigenvalue weighted by molar-refractivity contribution is 0.0266. The number of carboxylic acids is 1. The zero-order valence-electron chi connectivity index (χ0n) is 12.6. The Morgan fingerprint density at radius 1 is 1.24 bits per heavy atom. The summed E-state index contributed by atoms with van der Waals surface area (Å²) in [6.07, 6.45) is 2.95. The van der Waals surface area contributed by atoms with Crippen molar-refractivity contribution in [3.05, 3.63) is 33.3 Å². The van der Waals surface area contributed by atoms with Crippen molar-refractivity contribution in [2.24, 2.45) is 0 Å². The first kappa shape index (κ1) is 17.7. The minimum atomic E-state index is -1.13. The number of carbonyl (C=O) groups excluding carboxylic acids is 1. The fraction of sp³-hybridized carbons (Fsp3) is 0.500. The maximum Gasteiger partial charge on any atom is 0.339 e. The largest absolute Gasteiger partial charge is 0.478 e. The third-order valence-electron chi connectivity index (χ3n) is 3.36. The van der Waals surface area contributed by atoms with Crippen molar-refractivity contribution in [2.45, 2.75) is 52.6 Å². The molecule has 4 nitrogen and oxygen atoms in total. The molecule has 0 saturated heterocycles. The Bertz CT molecular complexity index is 525. The van der Waals surface area contributed by atoms with Crippen LogP contribution in [-0.2, 0) is 11.2 Å². The van der Waals surface area contributed by atoms with Crippen LogP contribution in [0.25, 0.3) is 0 Å². The Labute approximate surface area is 133 Å². The van der Waals surface area contributed by atoms with E-state index in [-0.39, 0.29) is 17.2 Å². The lowest BCUT2D eigenvalue weighted by Gasteiger charge is -2.17. The Balaban J connectivity index is 3.14. The van der Waals surface area contributed by atoms with Gasteiger partial charge in [-0.1, -0.05) is 43.1 Å². The van der Waals surface area contributed by atoms with Gasteiger partial charge in [0.25, 0.3) is 0 Å². The Hall–Kier alpha value is -1.36. The van der Waals surface area contributed by atoms with Crippen LogP contribution >= 0.6 is 15.9 Å². The Morgan fingerprint density at radius 3 is 2.38 bits per heavy atom. The van der Waals surface area contributed by atoms with E-state index >= 15 is 0 Å². The zero-order chi connectivity index (χ0) is 16.0. The average Bonchev–Trinajstić information content (AvgIpc) is 2.46. The number of aromatic carboxylic acids is 1. The Morgan fingerprint density at radius 2 is 1.90 bits per heavy atom. The molecule has 0 amide bonds. The summed E-state index contributed by atoms with van der Waals surface area (Å²) in [7, 11) is 0. The highest BCUT2D eigenvalue weighted by molar-refractivity contribution is 9.10. The van der Waals surface area contributed by atoms with Gasteiger partial charge in [-0.3, -0.25) is 0 Å². The van der Waals surface area contributed by atoms with Gasteiger partial charge in [-0.05, 0) is 37.0 Å². The van der Waals surface area contributed by atoms with Gasteiger partial charge in [0.1, 0.15) is 6.10 Å². The molecule has 0 heterocycles. The van der Waals surface area contributed by atoms with Crippen LogP contribution in [-0.4, -0.2) is 23.1 Å². The molecule has 0 aromatic heterocycles. The molecule has 1 unspecified atom stereocenters. The van der Waals surface area contributed by atoms with Crippen molar-refractivity contribution in [3.8, 4) is 0 Å². The first-order chi connectivity index (χ1) is 9.94. The van der Waals surface area contributed by atoms with Crippen LogP contribution < -0.4 is 0 Å². The topological polar surface area (TPSA) is 63.6 Å². The number of esters is 1. The van der Waals surface area contributed by atoms with E-state index in [9.17, 15) is 14.7 Å². The molecule has 0 radical (unpaired) electrons. The van der Waals surface area contributed by atoms with Crippen molar-refractivity contribution in [2.75, 3.05) is 0 Å². The summed E-state index contributed by atoms with van der Waals surface area (Å²) in [5.74, 6) is -1.69. The highest BCUT2D eigenvalue weighted by atomic mass is 79.9. The van der Waals surface area contributed by atoms with Crippen LogP contribution in [0.4, 0.5) is 0 Å². The van der Waals surface area contributed by atoms with Gasteiger partial charge in [-0.15, -0.1) is 0 Å². The summed E-state index contributed by atoms with van der Waals surface area (Å²) < 4.78 is 6.13. The van der Waals surface area contributed by atoms with Crippen molar-refractivity contribution in [3.63, 3.8) is 0 Å². The first-order valence-corrected chi connectivity index (χ1v) is 8.00. The standard InChI is InChI=1S/C16H21BrO4/c1-4-7-11(6-3)21-16(20)13-8-10(5-2)14(17)9-12(13)15(18)19/h8-9,11H,4-7H2,1-3H3,(H,18,19). The number of carboxylic acid groups (broad SMARTS) is 1. The normalized spacial score (nSPS) is 12.0. The van der Waals surface area contributed by atoms with E-state index in [0.717, 1.165) is 24.8 Å². The first-order valence-electron chi connectivity index (χ1n) is 7.21. The zero-order valence-corrected chi connectivity index (χ0v) is 14.2. The molecule has 0 aliphatic carbocycles. The quantitative estimate of drug-likeness (QED) is 0.733. The third kappa shape index (κ3) is 4.56. The van der Waals surface area contributed by atoms with Gasteiger partial charge in [0, 0.05) is 4.47 Å². The maximum atomic E-state index is 12.3. The summed E-state index contributed by atoms with van der Waals surface area (Å²) in [5.41, 5.74) is 0.975. The van der Waals surface area contributed by atoms with Gasteiger partial charge in [0.05, 0.1) is 11.1 Å². The smallest absolute Gasteiger partial charge is 0.339 e. The molecule has 0 bridgehead atoms. The number of halogens is 1. The van der Waals surface area contributed by atoms with E-state index in [2.05, 4.69) is 15.9 Å². The molecular formula is C16H21BrO4. The molecule has 0 saturated carbocycles. The molecule has 1 aromatic carbocycles. The van der Waals surface area contributed by atoms with Crippen molar-refractivity contribution in [1.82, 2.24) is 0 Å². The Kier molecular flexibility index (Phi) is 6.89. The van der Waals surface area contributed by atoms with Gasteiger partial charge >= 0.3 is 11.9 Å². The summed E-state index contributed by atoms with van der Waals surface area (Å²) in [4.78, 5) is 23.6. The van der Waals surface area contributed by atoms with E-state index in [0.29, 0.717) is 10.9 Å². The van der Waals surface area contributed by atoms with Gasteiger partial charge in [-0.2, -0.15) is 0 Å². The minimum Gasteiger partial charge on any atom is -0.478 e. The van der Waals surface area contributed by atoms with Crippen LogP contribution in [0.5, 0.6) is 0 Å². The molecule has 0 spiro atoms. The lowest BCUT2D eigenvalue weighted by atomic mass is 10.0. The molecule has 21 heavy (non-hydrogen) atoms. The van der Waals surface area contributed by atoms with Crippen LogP contribution in [0, 0.1) is 0 Å². The second-order valence-electron chi connectivity index (χ2n) is 4.87. The molecule has 116 valence electrons. The van der Waals surface area contributed by atoms with E-state index in [4.69, 9.17) is 4.74 Å². The van der Waals surface area contributed by atoms with E-state index in [1.165, 1.54) is 6.07 Å². The predicted octanol–water partition coefficient (Wildman–Crippen LogP) is 4.45. The SMILES string of the molecule is CCCC(CC)OC(=O)c1cc(CC)c(Br)cc1C(=O)O. The van der Waals surface area contributed by atoms with Crippen LogP contribution in [0.1, 0.15) is 66.3 Å². The average molecular weight is 357 g/mol. The van der Waals surface area contributed by atoms with Gasteiger partial charge in [0.2, 0.25) is 0 Å². The van der Waals surface area contributed by atoms with Crippen molar-refractivity contribution < 1.29 is 19.4 Å². The number of hydrogen-bond donors (Lipinski definition) is 1. The van der Waals surface area contributed by atoms with Crippen molar-refractivity contribution >= 4 is 27.9 Å². The molecular weight excluding hydrogens is 336 g/mol. The number of carbonyl (C=O) groups is 2. The maximum absolute atomic E-state index is 12.3. The summed E-state index contributed by atoms with van der Waals surface area (Å²) in [5, 5.41) is 9.27. The molecule has 1 rings (SSSR count). The molecule has 1 atom stereocenters. The predicted molar refractivity (Wildman–Crippen MR) is 84.9 cm³/mol. The summed E-state index contributed by atoms with van der Waals surface area (Å²) >= 11 is 3.33. The molecule has 1 N–H and O–H groups in total. The second-order valence-corrected chi connectivity index (χ2v) is 5.73. The number of ether oxygens (including phenoxy) is 1. The van der Waals surface area contributed by atoms with Gasteiger partial charge < -0.3 is 9.84 Å². The number of benzene rings is 1. The highest BCUT2D eigenvalue weighted by Crippen LogP contribution is 2.24. The lowest BCUT2D eigenvalue weighted by Crippen LogP contribution is -2.20. The van der Waals surface area contributed by atoms with Gasteiger partial charge in [0.15, 0.2) is 0 Å². The molecule has 0 fully saturated rings. The highest BCUT2D eigenvalue weighted by Gasteiger charge is 2.22. The monoisotopic (exact) mass is 356 g/mol. The fourth-order valence-electron chi connectivity index (χ4n) is 2.12. The third-order valence-corrected chi connectivity index (χ3v) is 4.10. The number of rotatable bonds is 7. The van der Waals surface area contributed by atoms with Crippen LogP contribution in [0.2, 0.25) is 0 Å². The molecule has 1 aromatic rings. The summed E-state index contributed by atoms with van der Waals surface area (Å²) in [6.45, 7) is 5.92. The molecule has 0 aliphatic heterocycles. The van der Waals surface area contributed by atoms with Gasteiger partial charge in [-0.25, -0.2) is 9.59 Å². The van der Waals surface area contributed by atoms with Crippen LogP contribution in [0.15, 0.2) is 16.6 Å². The van der Waals surface area contributed by atoms with E-state index < -0.39 is 11.9 Å². The molecule has 0 aliphatic rings. The molecule has 5 heteroatoms. The van der Waals surface area contributed by atoms with Crippen LogP contribution in [0.3, 0.4) is 0 Å².